The SMILES string of the molecule is Cc1ccc(-c2cc(C)c(C(=O)C3CCCN(C)C3)nn2)c(O)c1. The Morgan fingerprint density at radius 2 is 2.04 bits per heavy atom. The molecule has 1 aromatic carbocycles. The number of carbonyl (C=O) groups is 1. The lowest BCUT2D eigenvalue weighted by Gasteiger charge is -2.28. The van der Waals surface area contributed by atoms with Crippen LogP contribution in [0.15, 0.2) is 24.3 Å². The lowest BCUT2D eigenvalue weighted by atomic mass is 9.91. The van der Waals surface area contributed by atoms with Crippen LogP contribution in [0.25, 0.3) is 11.3 Å². The van der Waals surface area contributed by atoms with E-state index >= 15 is 0 Å². The van der Waals surface area contributed by atoms with E-state index in [4.69, 9.17) is 0 Å². The van der Waals surface area contributed by atoms with E-state index in [0.717, 1.165) is 37.1 Å². The second-order valence-electron chi connectivity index (χ2n) is 6.75. The molecule has 0 aliphatic carbocycles. The Bertz CT molecular complexity index is 773. The topological polar surface area (TPSA) is 66.3 Å². The zero-order chi connectivity index (χ0) is 17.3. The fourth-order valence-electron chi connectivity index (χ4n) is 3.29. The number of hydrogen-bond acceptors (Lipinski definition) is 5. The van der Waals surface area contributed by atoms with Crippen molar-refractivity contribution in [2.45, 2.75) is 26.7 Å². The summed E-state index contributed by atoms with van der Waals surface area (Å²) >= 11 is 0. The molecule has 0 amide bonds. The predicted octanol–water partition coefficient (Wildman–Crippen LogP) is 2.99. The Morgan fingerprint density at radius 1 is 1.25 bits per heavy atom. The van der Waals surface area contributed by atoms with Crippen LogP contribution in [0, 0.1) is 19.8 Å². The van der Waals surface area contributed by atoms with E-state index in [1.54, 1.807) is 6.07 Å². The van der Waals surface area contributed by atoms with Gasteiger partial charge in [-0.15, -0.1) is 10.2 Å². The third-order valence-corrected chi connectivity index (χ3v) is 4.64. The molecule has 1 N–H and O–H groups in total. The molecule has 1 aliphatic rings. The van der Waals surface area contributed by atoms with Gasteiger partial charge in [-0.3, -0.25) is 4.79 Å². The van der Waals surface area contributed by atoms with Crippen molar-refractivity contribution in [2.75, 3.05) is 20.1 Å². The number of rotatable bonds is 3. The third kappa shape index (κ3) is 3.31. The summed E-state index contributed by atoms with van der Waals surface area (Å²) in [5.74, 6) is 0.248. The van der Waals surface area contributed by atoms with Gasteiger partial charge in [-0.1, -0.05) is 6.07 Å². The molecule has 1 aromatic heterocycles. The van der Waals surface area contributed by atoms with Crippen molar-refractivity contribution in [2.24, 2.45) is 5.92 Å². The van der Waals surface area contributed by atoms with E-state index in [-0.39, 0.29) is 17.5 Å². The second-order valence-corrected chi connectivity index (χ2v) is 6.75. The zero-order valence-electron chi connectivity index (χ0n) is 14.4. The number of benzene rings is 1. The summed E-state index contributed by atoms with van der Waals surface area (Å²) in [6.45, 7) is 5.62. The van der Waals surface area contributed by atoms with E-state index in [1.165, 1.54) is 0 Å². The minimum Gasteiger partial charge on any atom is -0.507 e. The van der Waals surface area contributed by atoms with Gasteiger partial charge in [-0.05, 0) is 69.6 Å². The predicted molar refractivity (Wildman–Crippen MR) is 93.2 cm³/mol. The number of ketones is 1. The highest BCUT2D eigenvalue weighted by Gasteiger charge is 2.27. The van der Waals surface area contributed by atoms with Gasteiger partial charge < -0.3 is 10.0 Å². The molecule has 0 bridgehead atoms. The molecule has 24 heavy (non-hydrogen) atoms. The first-order valence-electron chi connectivity index (χ1n) is 8.33. The Balaban J connectivity index is 1.88. The van der Waals surface area contributed by atoms with Crippen LogP contribution in [-0.2, 0) is 0 Å². The molecule has 3 rings (SSSR count). The smallest absolute Gasteiger partial charge is 0.187 e. The molecular formula is C19H23N3O2. The maximum atomic E-state index is 12.7. The average molecular weight is 325 g/mol. The highest BCUT2D eigenvalue weighted by Crippen LogP contribution is 2.29. The van der Waals surface area contributed by atoms with Crippen molar-refractivity contribution < 1.29 is 9.90 Å². The van der Waals surface area contributed by atoms with Crippen molar-refractivity contribution in [1.29, 1.82) is 0 Å². The summed E-state index contributed by atoms with van der Waals surface area (Å²) < 4.78 is 0. The second kappa shape index (κ2) is 6.69. The molecule has 0 spiro atoms. The van der Waals surface area contributed by atoms with Gasteiger partial charge in [0, 0.05) is 18.0 Å². The Labute approximate surface area is 142 Å². The average Bonchev–Trinajstić information content (AvgIpc) is 2.54. The number of aryl methyl sites for hydroxylation is 2. The number of hydrogen-bond donors (Lipinski definition) is 1. The standard InChI is InChI=1S/C19H23N3O2/c1-12-6-7-15(17(23)9-12)16-10-13(2)18(21-20-16)19(24)14-5-4-8-22(3)11-14/h6-7,9-10,14,23H,4-5,8,11H2,1-3H3. The van der Waals surface area contributed by atoms with Crippen LogP contribution in [0.3, 0.4) is 0 Å². The fourth-order valence-corrected chi connectivity index (χ4v) is 3.29. The van der Waals surface area contributed by atoms with E-state index in [0.29, 0.717) is 17.0 Å². The first-order chi connectivity index (χ1) is 11.5. The summed E-state index contributed by atoms with van der Waals surface area (Å²) in [4.78, 5) is 14.9. The molecule has 0 saturated carbocycles. The van der Waals surface area contributed by atoms with E-state index < -0.39 is 0 Å². The molecule has 1 fully saturated rings. The molecule has 1 aliphatic heterocycles. The number of aromatic hydroxyl groups is 1. The monoisotopic (exact) mass is 325 g/mol. The van der Waals surface area contributed by atoms with Crippen LogP contribution in [-0.4, -0.2) is 46.1 Å². The van der Waals surface area contributed by atoms with E-state index in [2.05, 4.69) is 15.1 Å². The van der Waals surface area contributed by atoms with Crippen LogP contribution in [0.4, 0.5) is 0 Å². The molecule has 1 atom stereocenters. The summed E-state index contributed by atoms with van der Waals surface area (Å²) in [6.07, 6.45) is 1.94. The van der Waals surface area contributed by atoms with Gasteiger partial charge in [0.2, 0.25) is 0 Å². The summed E-state index contributed by atoms with van der Waals surface area (Å²) in [6, 6.07) is 7.27. The number of Topliss-reactive ketones (excluding diaryl/α,β-unsaturated/α-hetero) is 1. The minimum absolute atomic E-state index is 0.00428. The normalized spacial score (nSPS) is 18.5. The van der Waals surface area contributed by atoms with Gasteiger partial charge in [-0.2, -0.15) is 0 Å². The van der Waals surface area contributed by atoms with Crippen LogP contribution < -0.4 is 0 Å². The third-order valence-electron chi connectivity index (χ3n) is 4.64. The number of piperidine rings is 1. The van der Waals surface area contributed by atoms with Crippen LogP contribution >= 0.6 is 0 Å². The Morgan fingerprint density at radius 3 is 2.71 bits per heavy atom. The van der Waals surface area contributed by atoms with Crippen LogP contribution in [0.1, 0.15) is 34.5 Å². The summed E-state index contributed by atoms with van der Waals surface area (Å²) in [5.41, 5.74) is 3.45. The number of nitrogens with zero attached hydrogens (tertiary/aromatic N) is 3. The maximum absolute atomic E-state index is 12.7. The molecule has 2 heterocycles. The van der Waals surface area contributed by atoms with E-state index in [9.17, 15) is 9.90 Å². The van der Waals surface area contributed by atoms with Gasteiger partial charge in [0.25, 0.3) is 0 Å². The van der Waals surface area contributed by atoms with Gasteiger partial charge in [0.05, 0.1) is 5.69 Å². The first kappa shape index (κ1) is 16.6. The van der Waals surface area contributed by atoms with Crippen LogP contribution in [0.2, 0.25) is 0 Å². The number of aromatic nitrogens is 2. The fraction of sp³-hybridized carbons (Fsp3) is 0.421. The quantitative estimate of drug-likeness (QED) is 0.879. The molecule has 126 valence electrons. The van der Waals surface area contributed by atoms with Gasteiger partial charge in [-0.25, -0.2) is 0 Å². The molecule has 1 saturated heterocycles. The molecule has 1 unspecified atom stereocenters. The number of phenols is 1. The van der Waals surface area contributed by atoms with Gasteiger partial charge >= 0.3 is 0 Å². The number of carbonyl (C=O) groups excluding carboxylic acids is 1. The molecule has 5 heteroatoms. The molecule has 2 aromatic rings. The lowest BCUT2D eigenvalue weighted by molar-refractivity contribution is 0.0836. The maximum Gasteiger partial charge on any atom is 0.187 e. The Kier molecular flexibility index (Phi) is 4.62. The van der Waals surface area contributed by atoms with Crippen molar-refractivity contribution in [3.05, 3.63) is 41.1 Å². The first-order valence-corrected chi connectivity index (χ1v) is 8.33. The molecule has 5 nitrogen and oxygen atoms in total. The van der Waals surface area contributed by atoms with Crippen molar-refractivity contribution in [3.63, 3.8) is 0 Å². The molecule has 0 radical (unpaired) electrons. The highest BCUT2D eigenvalue weighted by atomic mass is 16.3. The van der Waals surface area contributed by atoms with Crippen molar-refractivity contribution in [3.8, 4) is 17.0 Å². The zero-order valence-corrected chi connectivity index (χ0v) is 14.4. The largest absolute Gasteiger partial charge is 0.507 e. The highest BCUT2D eigenvalue weighted by molar-refractivity contribution is 5.97. The number of likely N-dealkylation sites (tertiary alicyclic amines) is 1. The Hall–Kier alpha value is -2.27. The van der Waals surface area contributed by atoms with Gasteiger partial charge in [0.1, 0.15) is 11.4 Å². The van der Waals surface area contributed by atoms with Gasteiger partial charge in [0.15, 0.2) is 5.78 Å². The van der Waals surface area contributed by atoms with Crippen molar-refractivity contribution >= 4 is 5.78 Å². The van der Waals surface area contributed by atoms with E-state index in [1.807, 2.05) is 39.1 Å². The summed E-state index contributed by atoms with van der Waals surface area (Å²) in [5, 5.41) is 18.5. The summed E-state index contributed by atoms with van der Waals surface area (Å²) in [7, 11) is 2.04. The number of phenolic OH excluding ortho intramolecular Hbond substituents is 1. The minimum atomic E-state index is -0.00428. The van der Waals surface area contributed by atoms with Crippen molar-refractivity contribution in [1.82, 2.24) is 15.1 Å². The van der Waals surface area contributed by atoms with Crippen LogP contribution in [0.5, 0.6) is 5.75 Å². The molecular weight excluding hydrogens is 302 g/mol. The lowest BCUT2D eigenvalue weighted by Crippen LogP contribution is -2.36.